The summed E-state index contributed by atoms with van der Waals surface area (Å²) in [5, 5.41) is 0. The number of rotatable bonds is 2. The van der Waals surface area contributed by atoms with Gasteiger partial charge < -0.3 is 4.90 Å². The highest BCUT2D eigenvalue weighted by Crippen LogP contribution is 2.44. The first-order valence-corrected chi connectivity index (χ1v) is 4.62. The normalized spacial score (nSPS) is 39.3. The smallest absolute Gasteiger partial charge is 0.00124 e. The summed E-state index contributed by atoms with van der Waals surface area (Å²) in [4.78, 5) is 2.63. The summed E-state index contributed by atoms with van der Waals surface area (Å²) in [6.07, 6.45) is 4.36. The molecule has 2 fully saturated rings. The van der Waals surface area contributed by atoms with E-state index in [9.17, 15) is 0 Å². The lowest BCUT2D eigenvalue weighted by atomic mass is 10.1. The number of hydrogen-bond donors (Lipinski definition) is 0. The van der Waals surface area contributed by atoms with Crippen molar-refractivity contribution in [3.63, 3.8) is 0 Å². The van der Waals surface area contributed by atoms with E-state index in [0.717, 1.165) is 11.8 Å². The highest BCUT2D eigenvalue weighted by Gasteiger charge is 2.40. The Kier molecular flexibility index (Phi) is 1.69. The third-order valence-corrected chi connectivity index (χ3v) is 2.92. The summed E-state index contributed by atoms with van der Waals surface area (Å²) in [7, 11) is 0. The first kappa shape index (κ1) is 6.66. The average molecular weight is 139 g/mol. The molecule has 1 aliphatic carbocycles. The fourth-order valence-electron chi connectivity index (χ4n) is 2.18. The molecule has 10 heavy (non-hydrogen) atoms. The molecule has 0 spiro atoms. The van der Waals surface area contributed by atoms with Crippen LogP contribution in [0.4, 0.5) is 0 Å². The SMILES string of the molecule is CCCN1CCC2CC2C1. The van der Waals surface area contributed by atoms with Gasteiger partial charge in [0.05, 0.1) is 0 Å². The number of likely N-dealkylation sites (tertiary alicyclic amines) is 1. The second-order valence-electron chi connectivity index (χ2n) is 3.85. The van der Waals surface area contributed by atoms with E-state index in [-0.39, 0.29) is 0 Å². The number of fused-ring (bicyclic) bond motifs is 1. The number of piperidine rings is 1. The maximum atomic E-state index is 2.63. The molecule has 2 aliphatic rings. The van der Waals surface area contributed by atoms with Gasteiger partial charge in [0.25, 0.3) is 0 Å². The van der Waals surface area contributed by atoms with Crippen LogP contribution in [0.1, 0.15) is 26.2 Å². The van der Waals surface area contributed by atoms with Crippen molar-refractivity contribution in [2.45, 2.75) is 26.2 Å². The zero-order chi connectivity index (χ0) is 6.97. The van der Waals surface area contributed by atoms with E-state index in [1.54, 1.807) is 6.42 Å². The molecule has 0 N–H and O–H groups in total. The van der Waals surface area contributed by atoms with Gasteiger partial charge in [-0.2, -0.15) is 0 Å². The Hall–Kier alpha value is -0.0400. The van der Waals surface area contributed by atoms with Crippen LogP contribution in [-0.2, 0) is 0 Å². The van der Waals surface area contributed by atoms with Gasteiger partial charge in [-0.05, 0) is 44.2 Å². The number of hydrogen-bond acceptors (Lipinski definition) is 1. The molecule has 2 unspecified atom stereocenters. The Balaban J connectivity index is 1.77. The van der Waals surface area contributed by atoms with Gasteiger partial charge in [-0.15, -0.1) is 0 Å². The predicted octanol–water partition coefficient (Wildman–Crippen LogP) is 1.74. The topological polar surface area (TPSA) is 3.24 Å². The van der Waals surface area contributed by atoms with E-state index < -0.39 is 0 Å². The van der Waals surface area contributed by atoms with Gasteiger partial charge in [-0.3, -0.25) is 0 Å². The van der Waals surface area contributed by atoms with Crippen molar-refractivity contribution in [3.8, 4) is 0 Å². The average Bonchev–Trinajstić information content (AvgIpc) is 2.66. The Labute approximate surface area is 63.4 Å². The van der Waals surface area contributed by atoms with Crippen molar-refractivity contribution >= 4 is 0 Å². The van der Waals surface area contributed by atoms with Gasteiger partial charge in [0, 0.05) is 6.54 Å². The van der Waals surface area contributed by atoms with Crippen LogP contribution in [0.25, 0.3) is 0 Å². The van der Waals surface area contributed by atoms with Gasteiger partial charge in [-0.25, -0.2) is 0 Å². The Morgan fingerprint density at radius 3 is 3.00 bits per heavy atom. The fraction of sp³-hybridized carbons (Fsp3) is 1.00. The Morgan fingerprint density at radius 1 is 1.40 bits per heavy atom. The van der Waals surface area contributed by atoms with Crippen molar-refractivity contribution < 1.29 is 0 Å². The van der Waals surface area contributed by atoms with Gasteiger partial charge in [-0.1, -0.05) is 6.92 Å². The molecule has 1 aliphatic heterocycles. The molecular formula is C9H17N. The molecule has 1 saturated heterocycles. The van der Waals surface area contributed by atoms with Gasteiger partial charge in [0.15, 0.2) is 0 Å². The van der Waals surface area contributed by atoms with Crippen LogP contribution in [0.15, 0.2) is 0 Å². The lowest BCUT2D eigenvalue weighted by Crippen LogP contribution is -2.31. The molecule has 2 atom stereocenters. The summed E-state index contributed by atoms with van der Waals surface area (Å²) in [6, 6.07) is 0. The molecule has 2 rings (SSSR count). The second-order valence-corrected chi connectivity index (χ2v) is 3.85. The van der Waals surface area contributed by atoms with Crippen LogP contribution in [-0.4, -0.2) is 24.5 Å². The van der Waals surface area contributed by atoms with Crippen LogP contribution in [0, 0.1) is 11.8 Å². The zero-order valence-electron chi connectivity index (χ0n) is 6.84. The third-order valence-electron chi connectivity index (χ3n) is 2.92. The van der Waals surface area contributed by atoms with Gasteiger partial charge >= 0.3 is 0 Å². The van der Waals surface area contributed by atoms with E-state index in [4.69, 9.17) is 0 Å². The third kappa shape index (κ3) is 1.20. The fourth-order valence-corrected chi connectivity index (χ4v) is 2.18. The van der Waals surface area contributed by atoms with E-state index in [1.807, 2.05) is 0 Å². The quantitative estimate of drug-likeness (QED) is 0.563. The van der Waals surface area contributed by atoms with Crippen molar-refractivity contribution in [3.05, 3.63) is 0 Å². The summed E-state index contributed by atoms with van der Waals surface area (Å²) < 4.78 is 0. The Morgan fingerprint density at radius 2 is 2.30 bits per heavy atom. The van der Waals surface area contributed by atoms with Crippen LogP contribution < -0.4 is 0 Å². The minimum atomic E-state index is 1.11. The van der Waals surface area contributed by atoms with Crippen molar-refractivity contribution in [1.29, 1.82) is 0 Å². The lowest BCUT2D eigenvalue weighted by molar-refractivity contribution is 0.220. The Bertz CT molecular complexity index is 122. The van der Waals surface area contributed by atoms with E-state index in [2.05, 4.69) is 11.8 Å². The highest BCUT2D eigenvalue weighted by atomic mass is 15.1. The van der Waals surface area contributed by atoms with E-state index in [0.29, 0.717) is 0 Å². The van der Waals surface area contributed by atoms with Crippen LogP contribution in [0.2, 0.25) is 0 Å². The van der Waals surface area contributed by atoms with Crippen molar-refractivity contribution in [2.24, 2.45) is 11.8 Å². The predicted molar refractivity (Wildman–Crippen MR) is 42.9 cm³/mol. The molecule has 1 heterocycles. The highest BCUT2D eigenvalue weighted by molar-refractivity contribution is 4.92. The first-order chi connectivity index (χ1) is 4.90. The second kappa shape index (κ2) is 2.54. The van der Waals surface area contributed by atoms with Crippen LogP contribution >= 0.6 is 0 Å². The molecule has 0 radical (unpaired) electrons. The van der Waals surface area contributed by atoms with E-state index >= 15 is 0 Å². The summed E-state index contributed by atoms with van der Waals surface area (Å²) in [6.45, 7) is 6.41. The van der Waals surface area contributed by atoms with Crippen molar-refractivity contribution in [1.82, 2.24) is 4.90 Å². The minimum absolute atomic E-state index is 1.11. The largest absolute Gasteiger partial charge is 0.303 e. The van der Waals surface area contributed by atoms with E-state index in [1.165, 1.54) is 32.5 Å². The molecule has 1 saturated carbocycles. The molecule has 0 bridgehead atoms. The van der Waals surface area contributed by atoms with Crippen LogP contribution in [0.3, 0.4) is 0 Å². The zero-order valence-corrected chi connectivity index (χ0v) is 6.84. The maximum absolute atomic E-state index is 2.63. The minimum Gasteiger partial charge on any atom is -0.303 e. The molecule has 58 valence electrons. The molecule has 0 aromatic carbocycles. The number of nitrogens with zero attached hydrogens (tertiary/aromatic N) is 1. The van der Waals surface area contributed by atoms with Crippen LogP contribution in [0.5, 0.6) is 0 Å². The molecule has 1 heteroatoms. The van der Waals surface area contributed by atoms with Crippen molar-refractivity contribution in [2.75, 3.05) is 19.6 Å². The standard InChI is InChI=1S/C9H17N/c1-2-4-10-5-3-8-6-9(8)7-10/h8-9H,2-7H2,1H3. The van der Waals surface area contributed by atoms with Gasteiger partial charge in [0.1, 0.15) is 0 Å². The maximum Gasteiger partial charge on any atom is 0.00124 e. The first-order valence-electron chi connectivity index (χ1n) is 4.62. The monoisotopic (exact) mass is 139 g/mol. The molecule has 0 amide bonds. The molecule has 1 nitrogen and oxygen atoms in total. The lowest BCUT2D eigenvalue weighted by Gasteiger charge is -2.25. The summed E-state index contributed by atoms with van der Waals surface area (Å²) in [5.74, 6) is 2.26. The summed E-state index contributed by atoms with van der Waals surface area (Å²) >= 11 is 0. The molecule has 0 aromatic heterocycles. The molecule has 0 aromatic rings. The van der Waals surface area contributed by atoms with Gasteiger partial charge in [0.2, 0.25) is 0 Å². The molecular weight excluding hydrogens is 122 g/mol. The summed E-state index contributed by atoms with van der Waals surface area (Å²) in [5.41, 5.74) is 0.